The highest BCUT2D eigenvalue weighted by atomic mass is 79.9. The van der Waals surface area contributed by atoms with E-state index < -0.39 is 0 Å². The minimum absolute atomic E-state index is 0.184. The van der Waals surface area contributed by atoms with Crippen molar-refractivity contribution in [1.29, 1.82) is 0 Å². The lowest BCUT2D eigenvalue weighted by atomic mass is 9.63. The molecule has 1 saturated carbocycles. The highest BCUT2D eigenvalue weighted by Crippen LogP contribution is 2.51. The molecule has 0 amide bonds. The van der Waals surface area contributed by atoms with Crippen molar-refractivity contribution in [2.45, 2.75) is 53.1 Å². The average molecular weight is 367 g/mol. The third kappa shape index (κ3) is 2.90. The van der Waals surface area contributed by atoms with Gasteiger partial charge in [-0.15, -0.1) is 0 Å². The molecule has 3 rings (SSSR count). The van der Waals surface area contributed by atoms with Gasteiger partial charge in [0.2, 0.25) is 0 Å². The Hall–Kier alpha value is -0.670. The van der Waals surface area contributed by atoms with Gasteiger partial charge in [-0.1, -0.05) is 49.7 Å². The molecule has 0 bridgehead atoms. The summed E-state index contributed by atoms with van der Waals surface area (Å²) in [5.41, 5.74) is 1.96. The van der Waals surface area contributed by atoms with Crippen LogP contribution in [-0.2, 0) is 11.2 Å². The topological polar surface area (TPSA) is 26.3 Å². The quantitative estimate of drug-likeness (QED) is 0.675. The van der Waals surface area contributed by atoms with Gasteiger partial charge < -0.3 is 4.74 Å². The van der Waals surface area contributed by atoms with E-state index in [1.54, 1.807) is 7.11 Å². The van der Waals surface area contributed by atoms with Gasteiger partial charge in [-0.05, 0) is 48.8 Å². The van der Waals surface area contributed by atoms with Gasteiger partial charge in [0, 0.05) is 22.6 Å². The Balaban J connectivity index is 0.000000847. The van der Waals surface area contributed by atoms with Gasteiger partial charge in [0.15, 0.2) is 5.78 Å². The Morgan fingerprint density at radius 2 is 1.77 bits per heavy atom. The van der Waals surface area contributed by atoms with Crippen LogP contribution >= 0.6 is 15.9 Å². The molecule has 0 aromatic heterocycles. The van der Waals surface area contributed by atoms with Crippen LogP contribution in [-0.4, -0.2) is 19.0 Å². The number of halogens is 1. The van der Waals surface area contributed by atoms with Gasteiger partial charge >= 0.3 is 0 Å². The summed E-state index contributed by atoms with van der Waals surface area (Å²) in [6.45, 7) is 8.44. The third-order valence-corrected chi connectivity index (χ3v) is 5.64. The monoisotopic (exact) mass is 366 g/mol. The van der Waals surface area contributed by atoms with Crippen molar-refractivity contribution in [2.75, 3.05) is 7.11 Å². The van der Waals surface area contributed by atoms with Crippen LogP contribution in [0, 0.1) is 17.3 Å². The Morgan fingerprint density at radius 1 is 1.18 bits per heavy atom. The molecule has 1 aromatic carbocycles. The molecule has 0 radical (unpaired) electrons. The van der Waals surface area contributed by atoms with Crippen LogP contribution in [0.25, 0.3) is 0 Å². The smallest absolute Gasteiger partial charge is 0.169 e. The molecule has 0 saturated heterocycles. The number of methoxy groups -OCH3 is 1. The molecule has 122 valence electrons. The zero-order chi connectivity index (χ0) is 16.5. The van der Waals surface area contributed by atoms with Crippen molar-refractivity contribution >= 4 is 21.7 Å². The fourth-order valence-corrected chi connectivity index (χ4v) is 4.91. The fraction of sp³-hybridized carbons (Fsp3) is 0.632. The van der Waals surface area contributed by atoms with Crippen molar-refractivity contribution in [2.24, 2.45) is 17.3 Å². The molecule has 1 spiro atoms. The van der Waals surface area contributed by atoms with Crippen molar-refractivity contribution < 1.29 is 9.53 Å². The van der Waals surface area contributed by atoms with Crippen molar-refractivity contribution in [1.82, 2.24) is 0 Å². The molecule has 0 aliphatic heterocycles. The van der Waals surface area contributed by atoms with E-state index in [9.17, 15) is 4.79 Å². The summed E-state index contributed by atoms with van der Waals surface area (Å²) in [7, 11) is 1.79. The van der Waals surface area contributed by atoms with Crippen molar-refractivity contribution in [3.63, 3.8) is 0 Å². The molecular weight excluding hydrogens is 340 g/mol. The molecule has 2 nitrogen and oxygen atoms in total. The van der Waals surface area contributed by atoms with E-state index >= 15 is 0 Å². The molecule has 0 heterocycles. The molecule has 1 fully saturated rings. The Kier molecular flexibility index (Phi) is 5.50. The SMILES string of the molecule is CC.COC1[C@H](C)CC2(Cc3ccc(Br)cc3C2=O)C[C@@H]1C. The summed E-state index contributed by atoms with van der Waals surface area (Å²) in [5, 5.41) is 0. The van der Waals surface area contributed by atoms with Crippen LogP contribution < -0.4 is 0 Å². The molecule has 22 heavy (non-hydrogen) atoms. The minimum atomic E-state index is -0.184. The van der Waals surface area contributed by atoms with E-state index in [0.29, 0.717) is 17.6 Å². The van der Waals surface area contributed by atoms with Gasteiger partial charge in [-0.3, -0.25) is 4.79 Å². The lowest BCUT2D eigenvalue weighted by Gasteiger charge is -2.43. The predicted molar refractivity (Wildman–Crippen MR) is 94.3 cm³/mol. The minimum Gasteiger partial charge on any atom is -0.381 e. The Labute approximate surface area is 142 Å². The van der Waals surface area contributed by atoms with Gasteiger partial charge in [0.05, 0.1) is 6.10 Å². The van der Waals surface area contributed by atoms with Crippen LogP contribution in [0.4, 0.5) is 0 Å². The first kappa shape index (κ1) is 17.7. The van der Waals surface area contributed by atoms with Gasteiger partial charge in [-0.2, -0.15) is 0 Å². The van der Waals surface area contributed by atoms with E-state index in [0.717, 1.165) is 29.3 Å². The number of ether oxygens (including phenoxy) is 1. The number of hydrogen-bond donors (Lipinski definition) is 0. The van der Waals surface area contributed by atoms with Gasteiger partial charge in [0.1, 0.15) is 0 Å². The first-order chi connectivity index (χ1) is 10.5. The zero-order valence-electron chi connectivity index (χ0n) is 14.3. The summed E-state index contributed by atoms with van der Waals surface area (Å²) < 4.78 is 6.62. The first-order valence-corrected chi connectivity index (χ1v) is 9.12. The van der Waals surface area contributed by atoms with E-state index in [1.807, 2.05) is 26.0 Å². The standard InChI is InChI=1S/C17H21BrO2.C2H6/c1-10-7-17(8-11(2)15(10)20-3)9-12-4-5-13(18)6-14(12)16(17)19;1-2/h4-6,10-11,15H,7-9H2,1-3H3;1-2H3/t10-,11+,15?,17?;. The lowest BCUT2D eigenvalue weighted by Crippen LogP contribution is -2.44. The largest absolute Gasteiger partial charge is 0.381 e. The number of Topliss-reactive ketones (excluding diaryl/α,β-unsaturated/α-hetero) is 1. The maximum Gasteiger partial charge on any atom is 0.169 e. The highest BCUT2D eigenvalue weighted by Gasteiger charge is 2.51. The van der Waals surface area contributed by atoms with Crippen LogP contribution in [0.3, 0.4) is 0 Å². The average Bonchev–Trinajstić information content (AvgIpc) is 2.74. The molecule has 2 aliphatic carbocycles. The van der Waals surface area contributed by atoms with Gasteiger partial charge in [-0.25, -0.2) is 0 Å². The second kappa shape index (κ2) is 6.84. The van der Waals surface area contributed by atoms with Crippen LogP contribution in [0.15, 0.2) is 22.7 Å². The first-order valence-electron chi connectivity index (χ1n) is 8.33. The number of fused-ring (bicyclic) bond motifs is 1. The van der Waals surface area contributed by atoms with Crippen LogP contribution in [0.2, 0.25) is 0 Å². The second-order valence-corrected chi connectivity index (χ2v) is 7.57. The number of rotatable bonds is 1. The maximum atomic E-state index is 13.0. The van der Waals surface area contributed by atoms with Crippen molar-refractivity contribution in [3.05, 3.63) is 33.8 Å². The molecule has 0 N–H and O–H groups in total. The molecule has 2 aliphatic rings. The summed E-state index contributed by atoms with van der Waals surface area (Å²) in [4.78, 5) is 13.0. The summed E-state index contributed by atoms with van der Waals surface area (Å²) in [5.74, 6) is 1.22. The second-order valence-electron chi connectivity index (χ2n) is 6.65. The molecular formula is C19H27BrO2. The van der Waals surface area contributed by atoms with Crippen LogP contribution in [0.1, 0.15) is 56.5 Å². The lowest BCUT2D eigenvalue weighted by molar-refractivity contribution is -0.0426. The van der Waals surface area contributed by atoms with Crippen LogP contribution in [0.5, 0.6) is 0 Å². The third-order valence-electron chi connectivity index (χ3n) is 5.15. The maximum absolute atomic E-state index is 13.0. The summed E-state index contributed by atoms with van der Waals surface area (Å²) in [6, 6.07) is 6.13. The number of benzene rings is 1. The molecule has 2 unspecified atom stereocenters. The predicted octanol–water partition coefficient (Wildman–Crippen LogP) is 5.28. The zero-order valence-corrected chi connectivity index (χ0v) is 15.9. The number of hydrogen-bond acceptors (Lipinski definition) is 2. The molecule has 3 heteroatoms. The van der Waals surface area contributed by atoms with E-state index in [1.165, 1.54) is 5.56 Å². The van der Waals surface area contributed by atoms with Crippen molar-refractivity contribution in [3.8, 4) is 0 Å². The van der Waals surface area contributed by atoms with E-state index in [2.05, 4.69) is 35.8 Å². The number of carbonyl (C=O) groups is 1. The van der Waals surface area contributed by atoms with Gasteiger partial charge in [0.25, 0.3) is 0 Å². The molecule has 1 aromatic rings. The Morgan fingerprint density at radius 3 is 2.32 bits per heavy atom. The normalized spacial score (nSPS) is 33.4. The summed E-state index contributed by atoms with van der Waals surface area (Å²) in [6.07, 6.45) is 3.07. The van der Waals surface area contributed by atoms with E-state index in [-0.39, 0.29) is 11.5 Å². The molecule has 4 atom stereocenters. The Bertz CT molecular complexity index is 540. The highest BCUT2D eigenvalue weighted by molar-refractivity contribution is 9.10. The number of ketones is 1. The number of carbonyl (C=O) groups excluding carboxylic acids is 1. The fourth-order valence-electron chi connectivity index (χ4n) is 4.55. The summed E-state index contributed by atoms with van der Waals surface area (Å²) >= 11 is 3.48. The van der Waals surface area contributed by atoms with E-state index in [4.69, 9.17) is 4.74 Å².